The summed E-state index contributed by atoms with van der Waals surface area (Å²) in [6.07, 6.45) is 0.514. The summed E-state index contributed by atoms with van der Waals surface area (Å²) in [5, 5.41) is 2.77. The van der Waals surface area contributed by atoms with E-state index in [0.717, 1.165) is 5.57 Å². The second kappa shape index (κ2) is 8.76. The largest absolute Gasteiger partial charge is 0.385 e. The number of hydrogen-bond acceptors (Lipinski definition) is 4. The third kappa shape index (κ3) is 4.38. The van der Waals surface area contributed by atoms with Crippen molar-refractivity contribution >= 4 is 17.7 Å². The van der Waals surface area contributed by atoms with Crippen LogP contribution >= 0.6 is 0 Å². The van der Waals surface area contributed by atoms with Gasteiger partial charge in [-0.1, -0.05) is 42.5 Å². The van der Waals surface area contributed by atoms with Gasteiger partial charge in [-0.2, -0.15) is 0 Å². The molecule has 2 rings (SSSR count). The van der Waals surface area contributed by atoms with Gasteiger partial charge >= 0.3 is 0 Å². The first-order chi connectivity index (χ1) is 12.4. The van der Waals surface area contributed by atoms with E-state index in [4.69, 9.17) is 4.74 Å². The number of ether oxygens (including phenoxy) is 1. The van der Waals surface area contributed by atoms with Gasteiger partial charge in [-0.3, -0.25) is 19.3 Å². The van der Waals surface area contributed by atoms with Crippen molar-refractivity contribution in [2.45, 2.75) is 31.6 Å². The molecular weight excluding hydrogens is 332 g/mol. The maximum absolute atomic E-state index is 13.2. The Morgan fingerprint density at radius 2 is 2.00 bits per heavy atom. The Labute approximate surface area is 154 Å². The number of imide groups is 1. The van der Waals surface area contributed by atoms with Crippen molar-refractivity contribution in [3.8, 4) is 0 Å². The number of hydrogen-bond donors (Lipinski definition) is 1. The van der Waals surface area contributed by atoms with Crippen molar-refractivity contribution in [1.82, 2.24) is 10.2 Å². The van der Waals surface area contributed by atoms with Gasteiger partial charge in [0, 0.05) is 39.6 Å². The van der Waals surface area contributed by atoms with Crippen LogP contribution in [0.15, 0.2) is 42.5 Å². The number of nitrogens with one attached hydrogen (secondary N) is 1. The molecule has 1 N–H and O–H groups in total. The van der Waals surface area contributed by atoms with Gasteiger partial charge in [0.25, 0.3) is 0 Å². The molecule has 0 aromatic heterocycles. The number of carbonyl (C=O) groups is 3. The number of methoxy groups -OCH3 is 1. The van der Waals surface area contributed by atoms with Gasteiger partial charge in [0.1, 0.15) is 0 Å². The monoisotopic (exact) mass is 358 g/mol. The molecule has 0 radical (unpaired) electrons. The van der Waals surface area contributed by atoms with Gasteiger partial charge in [-0.15, -0.1) is 0 Å². The Kier molecular flexibility index (Phi) is 6.69. The van der Waals surface area contributed by atoms with Gasteiger partial charge in [-0.25, -0.2) is 0 Å². The van der Waals surface area contributed by atoms with Crippen LogP contribution in [0, 0.1) is 0 Å². The van der Waals surface area contributed by atoms with E-state index in [0.29, 0.717) is 31.7 Å². The first kappa shape index (κ1) is 19.8. The van der Waals surface area contributed by atoms with Gasteiger partial charge in [-0.05, 0) is 18.9 Å². The minimum Gasteiger partial charge on any atom is -0.385 e. The Morgan fingerprint density at radius 1 is 1.31 bits per heavy atom. The van der Waals surface area contributed by atoms with Crippen LogP contribution in [0.5, 0.6) is 0 Å². The minimum atomic E-state index is -1.15. The lowest BCUT2D eigenvalue weighted by molar-refractivity contribution is -0.141. The third-order valence-corrected chi connectivity index (χ3v) is 4.51. The molecule has 1 atom stereocenters. The molecule has 1 aliphatic heterocycles. The van der Waals surface area contributed by atoms with Crippen LogP contribution in [0.3, 0.4) is 0 Å². The summed E-state index contributed by atoms with van der Waals surface area (Å²) in [4.78, 5) is 39.4. The zero-order valence-electron chi connectivity index (χ0n) is 15.4. The van der Waals surface area contributed by atoms with Crippen LogP contribution in [-0.2, 0) is 24.5 Å². The smallest absolute Gasteiger partial charge is 0.240 e. The normalized spacial score (nSPS) is 19.7. The van der Waals surface area contributed by atoms with Crippen LogP contribution in [0.1, 0.15) is 31.7 Å². The first-order valence-electron chi connectivity index (χ1n) is 8.71. The average Bonchev–Trinajstić information content (AvgIpc) is 2.86. The van der Waals surface area contributed by atoms with E-state index in [9.17, 15) is 14.4 Å². The fourth-order valence-corrected chi connectivity index (χ4v) is 3.20. The molecule has 1 aliphatic rings. The number of carbonyl (C=O) groups excluding carboxylic acids is 3. The van der Waals surface area contributed by atoms with Crippen LogP contribution in [0.2, 0.25) is 0 Å². The molecule has 0 saturated carbocycles. The molecule has 0 spiro atoms. The summed E-state index contributed by atoms with van der Waals surface area (Å²) in [6, 6.07) is 9.07. The molecule has 0 aliphatic carbocycles. The number of amides is 3. The lowest BCUT2D eigenvalue weighted by Crippen LogP contribution is -2.42. The van der Waals surface area contributed by atoms with Crippen LogP contribution in [0.25, 0.3) is 0 Å². The highest BCUT2D eigenvalue weighted by atomic mass is 16.5. The minimum absolute atomic E-state index is 0.00329. The second-order valence-corrected chi connectivity index (χ2v) is 6.73. The average molecular weight is 358 g/mol. The molecule has 1 aromatic rings. The summed E-state index contributed by atoms with van der Waals surface area (Å²) in [6.45, 7) is 6.69. The Hall–Kier alpha value is -2.47. The molecule has 140 valence electrons. The van der Waals surface area contributed by atoms with Gasteiger partial charge in [0.2, 0.25) is 17.7 Å². The highest BCUT2D eigenvalue weighted by molar-refractivity contribution is 6.10. The molecule has 6 nitrogen and oxygen atoms in total. The van der Waals surface area contributed by atoms with Crippen molar-refractivity contribution in [2.75, 3.05) is 26.8 Å². The Bertz CT molecular complexity index is 686. The number of benzene rings is 1. The lowest BCUT2D eigenvalue weighted by atomic mass is 9.75. The molecule has 1 saturated heterocycles. The molecule has 1 unspecified atom stereocenters. The number of nitrogens with zero attached hydrogens (tertiary/aromatic N) is 1. The summed E-state index contributed by atoms with van der Waals surface area (Å²) in [7, 11) is 1.58. The van der Waals surface area contributed by atoms with E-state index in [1.807, 2.05) is 25.1 Å². The van der Waals surface area contributed by atoms with Gasteiger partial charge in [0.15, 0.2) is 0 Å². The predicted molar refractivity (Wildman–Crippen MR) is 98.4 cm³/mol. The molecule has 3 amide bonds. The summed E-state index contributed by atoms with van der Waals surface area (Å²) in [5.74, 6) is -0.824. The summed E-state index contributed by atoms with van der Waals surface area (Å²) in [5.41, 5.74) is 0.366. The molecule has 1 aromatic carbocycles. The third-order valence-electron chi connectivity index (χ3n) is 4.51. The summed E-state index contributed by atoms with van der Waals surface area (Å²) < 4.78 is 5.01. The van der Waals surface area contributed by atoms with Crippen molar-refractivity contribution in [1.29, 1.82) is 0 Å². The highest BCUT2D eigenvalue weighted by Crippen LogP contribution is 2.39. The quantitative estimate of drug-likeness (QED) is 0.415. The van der Waals surface area contributed by atoms with Crippen LogP contribution in [0.4, 0.5) is 0 Å². The fraction of sp³-hybridized carbons (Fsp3) is 0.450. The standard InChI is InChI=1S/C20H26N2O4/c1-15(2)14-21-17(23)12-20(16-8-5-4-6-9-16)13-18(24)22(19(20)25)10-7-11-26-3/h4-6,8-9H,1,7,10-14H2,2-3H3,(H,21,23). The van der Waals surface area contributed by atoms with Crippen molar-refractivity contribution in [3.63, 3.8) is 0 Å². The van der Waals surface area contributed by atoms with E-state index in [2.05, 4.69) is 11.9 Å². The van der Waals surface area contributed by atoms with E-state index in [1.54, 1.807) is 19.2 Å². The predicted octanol–water partition coefficient (Wildman–Crippen LogP) is 1.80. The Morgan fingerprint density at radius 3 is 2.62 bits per heavy atom. The fourth-order valence-electron chi connectivity index (χ4n) is 3.20. The summed E-state index contributed by atoms with van der Waals surface area (Å²) >= 11 is 0. The zero-order chi connectivity index (χ0) is 19.2. The maximum atomic E-state index is 13.2. The van der Waals surface area contributed by atoms with E-state index < -0.39 is 5.41 Å². The second-order valence-electron chi connectivity index (χ2n) is 6.73. The van der Waals surface area contributed by atoms with E-state index in [-0.39, 0.29) is 30.6 Å². The zero-order valence-corrected chi connectivity index (χ0v) is 15.4. The number of likely N-dealkylation sites (tertiary alicyclic amines) is 1. The molecule has 1 heterocycles. The van der Waals surface area contributed by atoms with Crippen molar-refractivity contribution in [3.05, 3.63) is 48.0 Å². The van der Waals surface area contributed by atoms with Crippen molar-refractivity contribution in [2.24, 2.45) is 0 Å². The SMILES string of the molecule is C=C(C)CNC(=O)CC1(c2ccccc2)CC(=O)N(CCCOC)C1=O. The van der Waals surface area contributed by atoms with Crippen LogP contribution < -0.4 is 5.32 Å². The lowest BCUT2D eigenvalue weighted by Gasteiger charge is -2.27. The molecule has 6 heteroatoms. The van der Waals surface area contributed by atoms with Crippen molar-refractivity contribution < 1.29 is 19.1 Å². The first-order valence-corrected chi connectivity index (χ1v) is 8.71. The van der Waals surface area contributed by atoms with E-state index in [1.165, 1.54) is 4.90 Å². The molecule has 26 heavy (non-hydrogen) atoms. The van der Waals surface area contributed by atoms with Gasteiger partial charge < -0.3 is 10.1 Å². The van der Waals surface area contributed by atoms with Crippen LogP contribution in [-0.4, -0.2) is 49.4 Å². The molecule has 0 bridgehead atoms. The topological polar surface area (TPSA) is 75.7 Å². The molecular formula is C20H26N2O4. The Balaban J connectivity index is 2.27. The van der Waals surface area contributed by atoms with E-state index >= 15 is 0 Å². The number of rotatable bonds is 9. The maximum Gasteiger partial charge on any atom is 0.240 e. The molecule has 1 fully saturated rings. The highest BCUT2D eigenvalue weighted by Gasteiger charge is 2.53. The van der Waals surface area contributed by atoms with Gasteiger partial charge in [0.05, 0.1) is 5.41 Å².